The molecule has 0 aliphatic carbocycles. The van der Waals surface area contributed by atoms with Gasteiger partial charge in [0.1, 0.15) is 24.7 Å². The first-order valence-corrected chi connectivity index (χ1v) is 9.51. The SMILES string of the molecule is O=Cc1ccc(COc2cccc3c2C(=O)N([C@H]2CCCC(=O)NC2=O)C3=O)cc1. The van der Waals surface area contributed by atoms with Gasteiger partial charge in [-0.1, -0.05) is 30.3 Å². The van der Waals surface area contributed by atoms with Crippen LogP contribution in [-0.4, -0.2) is 40.9 Å². The molecule has 30 heavy (non-hydrogen) atoms. The van der Waals surface area contributed by atoms with Crippen LogP contribution in [0.3, 0.4) is 0 Å². The largest absolute Gasteiger partial charge is 0.488 e. The van der Waals surface area contributed by atoms with Gasteiger partial charge in [-0.25, -0.2) is 0 Å². The van der Waals surface area contributed by atoms with Crippen LogP contribution in [0.15, 0.2) is 42.5 Å². The van der Waals surface area contributed by atoms with Gasteiger partial charge in [0.05, 0.1) is 11.1 Å². The number of imide groups is 2. The minimum Gasteiger partial charge on any atom is -0.488 e. The lowest BCUT2D eigenvalue weighted by Crippen LogP contribution is -2.49. The van der Waals surface area contributed by atoms with Crippen molar-refractivity contribution in [1.82, 2.24) is 10.2 Å². The van der Waals surface area contributed by atoms with Crippen LogP contribution in [0.4, 0.5) is 0 Å². The number of amides is 4. The second-order valence-electron chi connectivity index (χ2n) is 7.13. The molecule has 2 heterocycles. The average Bonchev–Trinajstić information content (AvgIpc) is 2.88. The van der Waals surface area contributed by atoms with Gasteiger partial charge < -0.3 is 4.74 Å². The summed E-state index contributed by atoms with van der Waals surface area (Å²) in [5.41, 5.74) is 1.59. The number of ether oxygens (including phenoxy) is 1. The molecule has 8 heteroatoms. The van der Waals surface area contributed by atoms with Gasteiger partial charge in [0, 0.05) is 12.0 Å². The van der Waals surface area contributed by atoms with Gasteiger partial charge in [0.2, 0.25) is 11.8 Å². The summed E-state index contributed by atoms with van der Waals surface area (Å²) in [6, 6.07) is 10.5. The van der Waals surface area contributed by atoms with Crippen molar-refractivity contribution in [3.63, 3.8) is 0 Å². The molecule has 0 saturated carbocycles. The number of benzene rings is 2. The van der Waals surface area contributed by atoms with E-state index in [-0.39, 0.29) is 36.3 Å². The summed E-state index contributed by atoms with van der Waals surface area (Å²) in [5.74, 6) is -2.02. The van der Waals surface area contributed by atoms with Crippen LogP contribution in [0.25, 0.3) is 0 Å². The van der Waals surface area contributed by atoms with E-state index in [1.54, 1.807) is 36.4 Å². The molecular formula is C22H18N2O6. The Balaban J connectivity index is 1.58. The third-order valence-corrected chi connectivity index (χ3v) is 5.18. The van der Waals surface area contributed by atoms with Crippen molar-refractivity contribution in [2.75, 3.05) is 0 Å². The van der Waals surface area contributed by atoms with Gasteiger partial charge >= 0.3 is 0 Å². The van der Waals surface area contributed by atoms with Gasteiger partial charge in [-0.15, -0.1) is 0 Å². The summed E-state index contributed by atoms with van der Waals surface area (Å²) in [7, 11) is 0. The molecule has 0 unspecified atom stereocenters. The summed E-state index contributed by atoms with van der Waals surface area (Å²) in [5, 5.41) is 2.23. The molecule has 4 amide bonds. The first-order chi connectivity index (χ1) is 14.5. The molecule has 1 N–H and O–H groups in total. The maximum absolute atomic E-state index is 13.1. The lowest BCUT2D eigenvalue weighted by Gasteiger charge is -2.23. The molecule has 8 nitrogen and oxygen atoms in total. The molecule has 2 aromatic rings. The summed E-state index contributed by atoms with van der Waals surface area (Å²) in [6.07, 6.45) is 1.53. The van der Waals surface area contributed by atoms with E-state index in [9.17, 15) is 24.0 Å². The van der Waals surface area contributed by atoms with Crippen molar-refractivity contribution in [3.05, 3.63) is 64.7 Å². The number of carbonyl (C=O) groups excluding carboxylic acids is 5. The third-order valence-electron chi connectivity index (χ3n) is 5.18. The molecule has 1 atom stereocenters. The smallest absolute Gasteiger partial charge is 0.266 e. The summed E-state index contributed by atoms with van der Waals surface area (Å²) < 4.78 is 5.79. The Hall–Kier alpha value is -3.81. The van der Waals surface area contributed by atoms with Crippen molar-refractivity contribution >= 4 is 29.9 Å². The summed E-state index contributed by atoms with van der Waals surface area (Å²) in [6.45, 7) is 0.134. The second kappa shape index (κ2) is 7.90. The quantitative estimate of drug-likeness (QED) is 0.600. The standard InChI is InChI=1S/C22H18N2O6/c25-11-13-7-9-14(10-8-13)12-30-17-5-1-3-15-19(17)22(29)24(21(15)28)16-4-2-6-18(26)23-20(16)27/h1,3,5,7-11,16H,2,4,6,12H2,(H,23,26,27)/t16-/m0/s1. The van der Waals surface area contributed by atoms with Gasteiger partial charge in [0.25, 0.3) is 11.8 Å². The normalized spacial score (nSPS) is 18.7. The van der Waals surface area contributed by atoms with Crippen molar-refractivity contribution in [2.45, 2.75) is 31.9 Å². The maximum Gasteiger partial charge on any atom is 0.266 e. The fourth-order valence-corrected chi connectivity index (χ4v) is 3.65. The number of nitrogens with zero attached hydrogens (tertiary/aromatic N) is 1. The number of fused-ring (bicyclic) bond motifs is 1. The van der Waals surface area contributed by atoms with Crippen molar-refractivity contribution in [2.24, 2.45) is 0 Å². The Morgan fingerprint density at radius 3 is 2.53 bits per heavy atom. The Labute approximate surface area is 171 Å². The van der Waals surface area contributed by atoms with E-state index in [1.165, 1.54) is 6.07 Å². The molecule has 2 aliphatic rings. The monoisotopic (exact) mass is 406 g/mol. The van der Waals surface area contributed by atoms with Crippen LogP contribution in [-0.2, 0) is 16.2 Å². The average molecular weight is 406 g/mol. The van der Waals surface area contributed by atoms with Gasteiger partial charge in [-0.3, -0.25) is 34.2 Å². The Morgan fingerprint density at radius 1 is 1.03 bits per heavy atom. The predicted molar refractivity (Wildman–Crippen MR) is 104 cm³/mol. The minimum absolute atomic E-state index is 0.107. The molecule has 2 aromatic carbocycles. The van der Waals surface area contributed by atoms with Crippen LogP contribution < -0.4 is 10.1 Å². The summed E-state index contributed by atoms with van der Waals surface area (Å²) in [4.78, 5) is 61.6. The Morgan fingerprint density at radius 2 is 1.80 bits per heavy atom. The molecule has 0 spiro atoms. The van der Waals surface area contributed by atoms with Crippen LogP contribution in [0.1, 0.15) is 55.9 Å². The predicted octanol–water partition coefficient (Wildman–Crippen LogP) is 1.87. The fraction of sp³-hybridized carbons (Fsp3) is 0.227. The minimum atomic E-state index is -1.03. The number of carbonyl (C=O) groups is 5. The molecule has 0 aromatic heterocycles. The van der Waals surface area contributed by atoms with E-state index in [4.69, 9.17) is 4.74 Å². The fourth-order valence-electron chi connectivity index (χ4n) is 3.65. The summed E-state index contributed by atoms with van der Waals surface area (Å²) >= 11 is 0. The number of hydrogen-bond acceptors (Lipinski definition) is 6. The van der Waals surface area contributed by atoms with Crippen LogP contribution in [0, 0.1) is 0 Å². The van der Waals surface area contributed by atoms with E-state index < -0.39 is 29.7 Å². The highest BCUT2D eigenvalue weighted by molar-refractivity contribution is 6.24. The van der Waals surface area contributed by atoms with E-state index >= 15 is 0 Å². The number of nitrogens with one attached hydrogen (secondary N) is 1. The molecule has 152 valence electrons. The molecule has 0 bridgehead atoms. The lowest BCUT2D eigenvalue weighted by molar-refractivity contribution is -0.131. The molecule has 1 fully saturated rings. The van der Waals surface area contributed by atoms with E-state index in [1.807, 2.05) is 0 Å². The van der Waals surface area contributed by atoms with Crippen LogP contribution >= 0.6 is 0 Å². The third kappa shape index (κ3) is 3.47. The zero-order valence-corrected chi connectivity index (χ0v) is 15.9. The Bertz CT molecular complexity index is 1060. The molecule has 4 rings (SSSR count). The highest BCUT2D eigenvalue weighted by atomic mass is 16.5. The van der Waals surface area contributed by atoms with Gasteiger partial charge in [-0.05, 0) is 30.5 Å². The Kier molecular flexibility index (Phi) is 5.14. The van der Waals surface area contributed by atoms with E-state index in [0.717, 1.165) is 16.7 Å². The number of rotatable bonds is 5. The first-order valence-electron chi connectivity index (χ1n) is 9.51. The highest BCUT2D eigenvalue weighted by Crippen LogP contribution is 2.34. The van der Waals surface area contributed by atoms with E-state index in [2.05, 4.69) is 5.32 Å². The van der Waals surface area contributed by atoms with Crippen molar-refractivity contribution in [1.29, 1.82) is 0 Å². The van der Waals surface area contributed by atoms with Crippen molar-refractivity contribution < 1.29 is 28.7 Å². The van der Waals surface area contributed by atoms with Crippen LogP contribution in [0.2, 0.25) is 0 Å². The number of aldehydes is 1. The zero-order chi connectivity index (χ0) is 21.3. The zero-order valence-electron chi connectivity index (χ0n) is 15.9. The molecule has 0 radical (unpaired) electrons. The molecule has 2 aliphatic heterocycles. The second-order valence-corrected chi connectivity index (χ2v) is 7.13. The maximum atomic E-state index is 13.1. The molecular weight excluding hydrogens is 388 g/mol. The molecule has 1 saturated heterocycles. The van der Waals surface area contributed by atoms with Crippen LogP contribution in [0.5, 0.6) is 5.75 Å². The van der Waals surface area contributed by atoms with Gasteiger partial charge in [0.15, 0.2) is 0 Å². The van der Waals surface area contributed by atoms with E-state index in [0.29, 0.717) is 12.0 Å². The number of hydrogen-bond donors (Lipinski definition) is 1. The lowest BCUT2D eigenvalue weighted by atomic mass is 10.1. The van der Waals surface area contributed by atoms with Crippen molar-refractivity contribution in [3.8, 4) is 5.75 Å². The van der Waals surface area contributed by atoms with Gasteiger partial charge in [-0.2, -0.15) is 0 Å². The topological polar surface area (TPSA) is 110 Å². The first kappa shape index (κ1) is 19.5. The highest BCUT2D eigenvalue weighted by Gasteiger charge is 2.45.